The van der Waals surface area contributed by atoms with Crippen LogP contribution in [0.5, 0.6) is 0 Å². The van der Waals surface area contributed by atoms with Gasteiger partial charge in [0.2, 0.25) is 0 Å². The van der Waals surface area contributed by atoms with Gasteiger partial charge in [0, 0.05) is 0 Å². The largest absolute Gasteiger partial charge is 0.476 e. The van der Waals surface area contributed by atoms with Crippen molar-refractivity contribution in [2.45, 2.75) is 27.3 Å². The van der Waals surface area contributed by atoms with E-state index >= 15 is 0 Å². The van der Waals surface area contributed by atoms with E-state index in [0.29, 0.717) is 12.2 Å². The summed E-state index contributed by atoms with van der Waals surface area (Å²) in [6.45, 7) is 6.31. The third-order valence-corrected chi connectivity index (χ3v) is 3.01. The molecular weight excluding hydrogens is 230 g/mol. The van der Waals surface area contributed by atoms with Crippen molar-refractivity contribution in [3.8, 4) is 0 Å². The highest BCUT2D eigenvalue weighted by Crippen LogP contribution is 2.13. The van der Waals surface area contributed by atoms with Crippen molar-refractivity contribution in [1.29, 1.82) is 0 Å². The Morgan fingerprint density at radius 2 is 2.06 bits per heavy atom. The minimum Gasteiger partial charge on any atom is -0.476 e. The molecule has 0 bridgehead atoms. The summed E-state index contributed by atoms with van der Waals surface area (Å²) in [5.41, 5.74) is 4.04. The molecule has 0 radical (unpaired) electrons. The molecule has 1 N–H and O–H groups in total. The highest BCUT2D eigenvalue weighted by molar-refractivity contribution is 5.86. The highest BCUT2D eigenvalue weighted by atomic mass is 16.4. The second-order valence-corrected chi connectivity index (χ2v) is 4.42. The number of carboxylic acid groups (broad SMARTS) is 1. The average molecular weight is 245 g/mol. The topological polar surface area (TPSA) is 68.0 Å². The number of aromatic nitrogens is 3. The fraction of sp³-hybridized carbons (Fsp3) is 0.308. The summed E-state index contributed by atoms with van der Waals surface area (Å²) in [5.74, 6) is -1.04. The van der Waals surface area contributed by atoms with Gasteiger partial charge in [-0.1, -0.05) is 29.0 Å². The fourth-order valence-corrected chi connectivity index (χ4v) is 1.84. The Labute approximate surface area is 105 Å². The molecule has 1 aromatic heterocycles. The van der Waals surface area contributed by atoms with Crippen LogP contribution < -0.4 is 0 Å². The van der Waals surface area contributed by atoms with E-state index in [2.05, 4.69) is 28.5 Å². The van der Waals surface area contributed by atoms with Crippen molar-refractivity contribution in [1.82, 2.24) is 15.0 Å². The molecular formula is C13H15N3O2. The first kappa shape index (κ1) is 12.3. The lowest BCUT2D eigenvalue weighted by molar-refractivity contribution is 0.0689. The quantitative estimate of drug-likeness (QED) is 0.897. The van der Waals surface area contributed by atoms with E-state index < -0.39 is 5.97 Å². The van der Waals surface area contributed by atoms with Crippen LogP contribution in [0.3, 0.4) is 0 Å². The Balaban J connectivity index is 2.34. The molecule has 0 aliphatic rings. The van der Waals surface area contributed by atoms with Crippen LogP contribution >= 0.6 is 0 Å². The van der Waals surface area contributed by atoms with Gasteiger partial charge in [-0.3, -0.25) is 0 Å². The second-order valence-electron chi connectivity index (χ2n) is 4.42. The second kappa shape index (κ2) is 4.60. The smallest absolute Gasteiger partial charge is 0.358 e. The van der Waals surface area contributed by atoms with Crippen molar-refractivity contribution < 1.29 is 9.90 Å². The van der Waals surface area contributed by atoms with Crippen LogP contribution in [0.1, 0.15) is 32.9 Å². The van der Waals surface area contributed by atoms with Crippen LogP contribution in [-0.4, -0.2) is 26.1 Å². The summed E-state index contributed by atoms with van der Waals surface area (Å²) in [5, 5.41) is 16.5. The van der Waals surface area contributed by atoms with E-state index in [9.17, 15) is 4.79 Å². The van der Waals surface area contributed by atoms with Gasteiger partial charge >= 0.3 is 5.97 Å². The number of hydrogen-bond donors (Lipinski definition) is 1. The molecule has 0 amide bonds. The number of nitrogens with zero attached hydrogens (tertiary/aromatic N) is 3. The number of rotatable bonds is 3. The number of aryl methyl sites for hydroxylation is 2. The van der Waals surface area contributed by atoms with Crippen LogP contribution in [-0.2, 0) is 6.54 Å². The van der Waals surface area contributed by atoms with E-state index in [0.717, 1.165) is 11.1 Å². The van der Waals surface area contributed by atoms with Gasteiger partial charge in [0.25, 0.3) is 0 Å². The van der Waals surface area contributed by atoms with Crippen molar-refractivity contribution in [3.05, 3.63) is 46.3 Å². The molecule has 5 nitrogen and oxygen atoms in total. The van der Waals surface area contributed by atoms with Gasteiger partial charge in [0.15, 0.2) is 5.69 Å². The lowest BCUT2D eigenvalue weighted by Gasteiger charge is -2.08. The minimum atomic E-state index is -1.04. The summed E-state index contributed by atoms with van der Waals surface area (Å²) in [7, 11) is 0. The Bertz CT molecular complexity index is 602. The van der Waals surface area contributed by atoms with E-state index in [-0.39, 0.29) is 5.69 Å². The van der Waals surface area contributed by atoms with Crippen molar-refractivity contribution in [2.24, 2.45) is 0 Å². The first-order chi connectivity index (χ1) is 8.49. The predicted octanol–water partition coefficient (Wildman–Crippen LogP) is 1.95. The molecule has 0 aliphatic heterocycles. The van der Waals surface area contributed by atoms with E-state index in [4.69, 9.17) is 5.11 Å². The van der Waals surface area contributed by atoms with Gasteiger partial charge in [-0.15, -0.1) is 5.10 Å². The van der Waals surface area contributed by atoms with Crippen LogP contribution in [0.2, 0.25) is 0 Å². The standard InChI is InChI=1S/C13H15N3O2/c1-8-4-5-9(2)11(6-8)7-16-10(3)12(13(17)18)14-15-16/h4-6H,7H2,1-3H3,(H,17,18). The predicted molar refractivity (Wildman–Crippen MR) is 66.7 cm³/mol. The van der Waals surface area contributed by atoms with E-state index in [1.54, 1.807) is 11.6 Å². The minimum absolute atomic E-state index is 0.0142. The Kier molecular flexibility index (Phi) is 3.14. The van der Waals surface area contributed by atoms with Crippen LogP contribution in [0.15, 0.2) is 18.2 Å². The number of benzene rings is 1. The molecule has 0 saturated heterocycles. The molecule has 1 heterocycles. The van der Waals surface area contributed by atoms with Crippen LogP contribution in [0.4, 0.5) is 0 Å². The molecule has 0 saturated carbocycles. The van der Waals surface area contributed by atoms with Crippen LogP contribution in [0, 0.1) is 20.8 Å². The molecule has 0 unspecified atom stereocenters. The lowest BCUT2D eigenvalue weighted by Crippen LogP contribution is -2.07. The number of aromatic carboxylic acids is 1. The Hall–Kier alpha value is -2.17. The Morgan fingerprint density at radius 3 is 2.67 bits per heavy atom. The van der Waals surface area contributed by atoms with Gasteiger partial charge in [0.05, 0.1) is 12.2 Å². The molecule has 18 heavy (non-hydrogen) atoms. The van der Waals surface area contributed by atoms with E-state index in [1.165, 1.54) is 5.56 Å². The molecule has 0 aliphatic carbocycles. The number of hydrogen-bond acceptors (Lipinski definition) is 3. The molecule has 2 rings (SSSR count). The zero-order chi connectivity index (χ0) is 13.3. The SMILES string of the molecule is Cc1ccc(C)c(Cn2nnc(C(=O)O)c2C)c1. The van der Waals surface area contributed by atoms with Gasteiger partial charge in [-0.2, -0.15) is 0 Å². The Morgan fingerprint density at radius 1 is 1.33 bits per heavy atom. The van der Waals surface area contributed by atoms with Crippen molar-refractivity contribution in [3.63, 3.8) is 0 Å². The molecule has 5 heteroatoms. The molecule has 1 aromatic carbocycles. The van der Waals surface area contributed by atoms with Crippen molar-refractivity contribution in [2.75, 3.05) is 0 Å². The summed E-state index contributed by atoms with van der Waals surface area (Å²) in [4.78, 5) is 10.9. The summed E-state index contributed by atoms with van der Waals surface area (Å²) in [6.07, 6.45) is 0. The molecule has 0 fully saturated rings. The summed E-state index contributed by atoms with van der Waals surface area (Å²) >= 11 is 0. The molecule has 94 valence electrons. The molecule has 2 aromatic rings. The van der Waals surface area contributed by atoms with Crippen LogP contribution in [0.25, 0.3) is 0 Å². The number of carboxylic acids is 1. The van der Waals surface area contributed by atoms with Gasteiger partial charge in [-0.05, 0) is 31.9 Å². The monoisotopic (exact) mass is 245 g/mol. The van der Waals surface area contributed by atoms with Gasteiger partial charge in [-0.25, -0.2) is 9.48 Å². The first-order valence-electron chi connectivity index (χ1n) is 5.68. The van der Waals surface area contributed by atoms with Crippen molar-refractivity contribution >= 4 is 5.97 Å². The molecule has 0 atom stereocenters. The summed E-state index contributed by atoms with van der Waals surface area (Å²) in [6, 6.07) is 6.18. The lowest BCUT2D eigenvalue weighted by atomic mass is 10.1. The third kappa shape index (κ3) is 2.25. The average Bonchev–Trinajstić information content (AvgIpc) is 2.66. The highest BCUT2D eigenvalue weighted by Gasteiger charge is 2.15. The van der Waals surface area contributed by atoms with Gasteiger partial charge < -0.3 is 5.11 Å². The van der Waals surface area contributed by atoms with Gasteiger partial charge in [0.1, 0.15) is 0 Å². The fourth-order valence-electron chi connectivity index (χ4n) is 1.84. The molecule has 0 spiro atoms. The normalized spacial score (nSPS) is 10.6. The summed E-state index contributed by atoms with van der Waals surface area (Å²) < 4.78 is 1.62. The third-order valence-electron chi connectivity index (χ3n) is 3.01. The zero-order valence-corrected chi connectivity index (χ0v) is 10.6. The maximum atomic E-state index is 10.9. The number of carbonyl (C=O) groups is 1. The maximum Gasteiger partial charge on any atom is 0.358 e. The maximum absolute atomic E-state index is 10.9. The zero-order valence-electron chi connectivity index (χ0n) is 10.6. The van der Waals surface area contributed by atoms with E-state index in [1.807, 2.05) is 13.8 Å². The first-order valence-corrected chi connectivity index (χ1v) is 5.68.